The van der Waals surface area contributed by atoms with Crippen molar-refractivity contribution >= 4 is 16.9 Å². The lowest BCUT2D eigenvalue weighted by molar-refractivity contribution is 0.0592. The summed E-state index contributed by atoms with van der Waals surface area (Å²) in [5, 5.41) is 0.979. The van der Waals surface area contributed by atoms with E-state index in [2.05, 4.69) is 24.8 Å². The lowest BCUT2D eigenvalue weighted by atomic mass is 10.0. The molecule has 0 unspecified atom stereocenters. The predicted molar refractivity (Wildman–Crippen MR) is 116 cm³/mol. The van der Waals surface area contributed by atoms with E-state index in [1.807, 2.05) is 36.4 Å². The fraction of sp³-hybridized carbons (Fsp3) is 0.217. The molecule has 0 radical (unpaired) electrons. The molecule has 8 heteroatoms. The summed E-state index contributed by atoms with van der Waals surface area (Å²) in [5.41, 5.74) is 4.34. The fourth-order valence-corrected chi connectivity index (χ4v) is 4.12. The summed E-state index contributed by atoms with van der Waals surface area (Å²) in [6, 6.07) is 11.5. The topological polar surface area (TPSA) is 104 Å². The zero-order chi connectivity index (χ0) is 21.4. The summed E-state index contributed by atoms with van der Waals surface area (Å²) < 4.78 is 4.97. The van der Waals surface area contributed by atoms with E-state index in [9.17, 15) is 9.59 Å². The Hall–Kier alpha value is -3.78. The van der Waals surface area contributed by atoms with E-state index >= 15 is 0 Å². The Bertz CT molecular complexity index is 1330. The average Bonchev–Trinajstić information content (AvgIpc) is 3.18. The molecule has 4 aromatic rings. The maximum Gasteiger partial charge on any atom is 0.354 e. The van der Waals surface area contributed by atoms with Gasteiger partial charge in [0.2, 0.25) is 0 Å². The second-order valence-corrected chi connectivity index (χ2v) is 7.56. The summed E-state index contributed by atoms with van der Waals surface area (Å²) >= 11 is 0. The van der Waals surface area contributed by atoms with Gasteiger partial charge in [-0.25, -0.2) is 9.78 Å². The van der Waals surface area contributed by atoms with E-state index < -0.39 is 5.97 Å². The number of esters is 1. The van der Waals surface area contributed by atoms with Gasteiger partial charge < -0.3 is 14.7 Å². The highest BCUT2D eigenvalue weighted by molar-refractivity contribution is 5.98. The predicted octanol–water partition coefficient (Wildman–Crippen LogP) is 2.66. The monoisotopic (exact) mass is 415 g/mol. The summed E-state index contributed by atoms with van der Waals surface area (Å²) in [4.78, 5) is 42.1. The normalized spacial score (nSPS) is 13.8. The van der Waals surface area contributed by atoms with E-state index in [0.29, 0.717) is 36.6 Å². The fourth-order valence-electron chi connectivity index (χ4n) is 4.12. The van der Waals surface area contributed by atoms with Crippen LogP contribution in [0.5, 0.6) is 0 Å². The van der Waals surface area contributed by atoms with Crippen LogP contribution in [0.1, 0.15) is 27.3 Å². The maximum absolute atomic E-state index is 12.8. The van der Waals surface area contributed by atoms with Crippen LogP contribution in [-0.2, 0) is 24.2 Å². The number of nitrogens with one attached hydrogen (secondary N) is 2. The van der Waals surface area contributed by atoms with Crippen molar-refractivity contribution < 1.29 is 9.53 Å². The van der Waals surface area contributed by atoms with Crippen molar-refractivity contribution in [3.8, 4) is 11.4 Å². The number of aromatic amines is 2. The number of para-hydroxylation sites is 1. The third kappa shape index (κ3) is 3.51. The molecule has 3 aromatic heterocycles. The molecule has 0 aliphatic carbocycles. The molecule has 0 saturated heterocycles. The first-order valence-corrected chi connectivity index (χ1v) is 10.1. The highest BCUT2D eigenvalue weighted by atomic mass is 16.5. The van der Waals surface area contributed by atoms with Gasteiger partial charge >= 0.3 is 5.97 Å². The molecular weight excluding hydrogens is 394 g/mol. The van der Waals surface area contributed by atoms with E-state index in [4.69, 9.17) is 4.74 Å². The van der Waals surface area contributed by atoms with Gasteiger partial charge in [0.15, 0.2) is 0 Å². The number of nitrogens with zero attached hydrogens (tertiary/aromatic N) is 3. The quantitative estimate of drug-likeness (QED) is 0.497. The summed E-state index contributed by atoms with van der Waals surface area (Å²) in [6.07, 6.45) is 4.03. The molecule has 0 saturated carbocycles. The third-order valence-electron chi connectivity index (χ3n) is 5.67. The van der Waals surface area contributed by atoms with Crippen molar-refractivity contribution in [1.29, 1.82) is 0 Å². The largest absolute Gasteiger partial charge is 0.464 e. The molecule has 1 aromatic carbocycles. The first kappa shape index (κ1) is 19.2. The standard InChI is InChI=1S/C23H21N5O3/c1-31-23(30)20-16(15-6-2-3-7-18(15)25-20)12-28-10-8-19-17(13-28)22(29)27-21(26-19)14-5-4-9-24-11-14/h2-7,9,11,25H,8,10,12-13H2,1H3,(H,26,27,29). The molecule has 31 heavy (non-hydrogen) atoms. The van der Waals surface area contributed by atoms with Crippen molar-refractivity contribution in [3.05, 3.63) is 81.7 Å². The molecule has 4 heterocycles. The van der Waals surface area contributed by atoms with Gasteiger partial charge in [-0.2, -0.15) is 0 Å². The first-order valence-electron chi connectivity index (χ1n) is 10.1. The molecule has 0 amide bonds. The molecule has 156 valence electrons. The SMILES string of the molecule is COC(=O)c1[nH]c2ccccc2c1CN1CCc2nc(-c3cccnc3)[nH]c(=O)c2C1. The number of benzene rings is 1. The molecule has 0 bridgehead atoms. The number of pyridine rings is 1. The molecule has 2 N–H and O–H groups in total. The van der Waals surface area contributed by atoms with E-state index in [0.717, 1.165) is 34.3 Å². The van der Waals surface area contributed by atoms with Crippen molar-refractivity contribution in [2.45, 2.75) is 19.5 Å². The molecule has 8 nitrogen and oxygen atoms in total. The summed E-state index contributed by atoms with van der Waals surface area (Å²) in [6.45, 7) is 1.72. The Kier molecular flexibility index (Phi) is 4.83. The Morgan fingerprint density at radius 3 is 2.87 bits per heavy atom. The van der Waals surface area contributed by atoms with Crippen LogP contribution >= 0.6 is 0 Å². The lowest BCUT2D eigenvalue weighted by Crippen LogP contribution is -2.35. The minimum absolute atomic E-state index is 0.138. The van der Waals surface area contributed by atoms with Gasteiger partial charge in [0.05, 0.1) is 18.4 Å². The number of carbonyl (C=O) groups excluding carboxylic acids is 1. The van der Waals surface area contributed by atoms with Crippen LogP contribution in [0.2, 0.25) is 0 Å². The van der Waals surface area contributed by atoms with Crippen LogP contribution in [0.25, 0.3) is 22.3 Å². The molecule has 1 aliphatic heterocycles. The third-order valence-corrected chi connectivity index (χ3v) is 5.67. The first-order chi connectivity index (χ1) is 15.1. The maximum atomic E-state index is 12.8. The minimum atomic E-state index is -0.399. The Morgan fingerprint density at radius 1 is 1.19 bits per heavy atom. The molecule has 5 rings (SSSR count). The average molecular weight is 415 g/mol. The van der Waals surface area contributed by atoms with Crippen LogP contribution in [0.4, 0.5) is 0 Å². The zero-order valence-corrected chi connectivity index (χ0v) is 17.0. The second kappa shape index (κ2) is 7.81. The Labute approximate surface area is 177 Å². The number of H-pyrrole nitrogens is 2. The lowest BCUT2D eigenvalue weighted by Gasteiger charge is -2.27. The van der Waals surface area contributed by atoms with Gasteiger partial charge in [-0.05, 0) is 18.2 Å². The minimum Gasteiger partial charge on any atom is -0.464 e. The molecule has 0 atom stereocenters. The van der Waals surface area contributed by atoms with Crippen LogP contribution in [0.3, 0.4) is 0 Å². The van der Waals surface area contributed by atoms with E-state index in [1.54, 1.807) is 12.4 Å². The summed E-state index contributed by atoms with van der Waals surface area (Å²) in [5.74, 6) is 0.138. The number of aromatic nitrogens is 4. The summed E-state index contributed by atoms with van der Waals surface area (Å²) in [7, 11) is 1.37. The molecule has 0 fully saturated rings. The number of hydrogen-bond donors (Lipinski definition) is 2. The number of hydrogen-bond acceptors (Lipinski definition) is 6. The molecular formula is C23H21N5O3. The highest BCUT2D eigenvalue weighted by Gasteiger charge is 2.25. The van der Waals surface area contributed by atoms with Crippen LogP contribution in [0, 0.1) is 0 Å². The second-order valence-electron chi connectivity index (χ2n) is 7.56. The van der Waals surface area contributed by atoms with E-state index in [1.165, 1.54) is 7.11 Å². The Morgan fingerprint density at radius 2 is 2.06 bits per heavy atom. The van der Waals surface area contributed by atoms with Crippen molar-refractivity contribution in [1.82, 2.24) is 24.8 Å². The smallest absolute Gasteiger partial charge is 0.354 e. The van der Waals surface area contributed by atoms with Crippen LogP contribution in [0.15, 0.2) is 53.6 Å². The van der Waals surface area contributed by atoms with Crippen LogP contribution < -0.4 is 5.56 Å². The van der Waals surface area contributed by atoms with Gasteiger partial charge in [0, 0.05) is 60.5 Å². The van der Waals surface area contributed by atoms with Crippen molar-refractivity contribution in [3.63, 3.8) is 0 Å². The van der Waals surface area contributed by atoms with Crippen LogP contribution in [-0.4, -0.2) is 44.5 Å². The number of ether oxygens (including phenoxy) is 1. The zero-order valence-electron chi connectivity index (χ0n) is 17.0. The van der Waals surface area contributed by atoms with Gasteiger partial charge in [-0.3, -0.25) is 14.7 Å². The number of fused-ring (bicyclic) bond motifs is 2. The number of rotatable bonds is 4. The molecule has 1 aliphatic rings. The highest BCUT2D eigenvalue weighted by Crippen LogP contribution is 2.26. The van der Waals surface area contributed by atoms with E-state index in [-0.39, 0.29) is 5.56 Å². The van der Waals surface area contributed by atoms with Crippen molar-refractivity contribution in [2.24, 2.45) is 0 Å². The van der Waals surface area contributed by atoms with Gasteiger partial charge in [0.25, 0.3) is 5.56 Å². The van der Waals surface area contributed by atoms with Gasteiger partial charge in [0.1, 0.15) is 11.5 Å². The van der Waals surface area contributed by atoms with Gasteiger partial charge in [-0.1, -0.05) is 18.2 Å². The number of methoxy groups -OCH3 is 1. The Balaban J connectivity index is 1.46. The van der Waals surface area contributed by atoms with Gasteiger partial charge in [-0.15, -0.1) is 0 Å². The molecule has 0 spiro atoms. The van der Waals surface area contributed by atoms with Crippen molar-refractivity contribution in [2.75, 3.05) is 13.7 Å². The number of carbonyl (C=O) groups is 1.